The Labute approximate surface area is 133 Å². The number of pyridine rings is 1. The lowest BCUT2D eigenvalue weighted by molar-refractivity contribution is 0.0587. The van der Waals surface area contributed by atoms with Gasteiger partial charge in [-0.3, -0.25) is 9.78 Å². The molecule has 0 radical (unpaired) electrons. The summed E-state index contributed by atoms with van der Waals surface area (Å²) in [5.41, 5.74) is 3.27. The molecule has 3 aromatic rings. The zero-order chi connectivity index (χ0) is 16.4. The highest BCUT2D eigenvalue weighted by Crippen LogP contribution is 2.27. The predicted octanol–water partition coefficient (Wildman–Crippen LogP) is 2.99. The summed E-state index contributed by atoms with van der Waals surface area (Å²) in [5.74, 6) is -0.531. The van der Waals surface area contributed by atoms with Crippen molar-refractivity contribution in [2.75, 3.05) is 7.11 Å². The summed E-state index contributed by atoms with van der Waals surface area (Å²) in [7, 11) is 1.31. The van der Waals surface area contributed by atoms with E-state index in [4.69, 9.17) is 4.74 Å². The molecule has 0 atom stereocenters. The van der Waals surface area contributed by atoms with Crippen molar-refractivity contribution in [3.63, 3.8) is 0 Å². The van der Waals surface area contributed by atoms with E-state index in [1.807, 2.05) is 43.3 Å². The van der Waals surface area contributed by atoms with Crippen LogP contribution in [0.15, 0.2) is 42.6 Å². The number of ether oxygens (including phenoxy) is 1. The standard InChI is InChI=1S/C18H16N2O3/c1-12-6-7-14-15(11-21)17(18(22)23-2)20(16(14)9-12)10-13-5-3-4-8-19-13/h3-9,11H,10H2,1-2H3. The average molecular weight is 308 g/mol. The van der Waals surface area contributed by atoms with E-state index in [9.17, 15) is 9.59 Å². The molecule has 0 saturated heterocycles. The van der Waals surface area contributed by atoms with Crippen molar-refractivity contribution in [3.05, 3.63) is 65.1 Å². The van der Waals surface area contributed by atoms with Gasteiger partial charge in [0.05, 0.1) is 30.4 Å². The number of nitrogens with zero attached hydrogens (tertiary/aromatic N) is 2. The minimum atomic E-state index is -0.531. The van der Waals surface area contributed by atoms with E-state index in [-0.39, 0.29) is 5.69 Å². The highest BCUT2D eigenvalue weighted by molar-refractivity contribution is 6.08. The molecule has 0 aliphatic rings. The monoisotopic (exact) mass is 308 g/mol. The van der Waals surface area contributed by atoms with Crippen LogP contribution in [-0.4, -0.2) is 28.9 Å². The fraction of sp³-hybridized carbons (Fsp3) is 0.167. The minimum absolute atomic E-state index is 0.258. The zero-order valence-corrected chi connectivity index (χ0v) is 12.9. The molecule has 0 N–H and O–H groups in total. The molecule has 0 bridgehead atoms. The summed E-state index contributed by atoms with van der Waals surface area (Å²) in [5, 5.41) is 0.738. The highest BCUT2D eigenvalue weighted by Gasteiger charge is 2.23. The Bertz CT molecular complexity index is 882. The van der Waals surface area contributed by atoms with Crippen LogP contribution in [0.4, 0.5) is 0 Å². The second-order valence-electron chi connectivity index (χ2n) is 5.30. The lowest BCUT2D eigenvalue weighted by atomic mass is 10.1. The number of carbonyl (C=O) groups is 2. The van der Waals surface area contributed by atoms with Crippen molar-refractivity contribution in [2.24, 2.45) is 0 Å². The van der Waals surface area contributed by atoms with E-state index in [2.05, 4.69) is 4.98 Å². The van der Waals surface area contributed by atoms with E-state index >= 15 is 0 Å². The normalized spacial score (nSPS) is 10.7. The average Bonchev–Trinajstić information content (AvgIpc) is 2.88. The van der Waals surface area contributed by atoms with E-state index in [0.717, 1.165) is 22.2 Å². The molecule has 23 heavy (non-hydrogen) atoms. The van der Waals surface area contributed by atoms with E-state index in [1.54, 1.807) is 10.8 Å². The molecule has 2 aromatic heterocycles. The maximum Gasteiger partial charge on any atom is 0.355 e. The molecule has 3 rings (SSSR count). The quantitative estimate of drug-likeness (QED) is 0.549. The summed E-state index contributed by atoms with van der Waals surface area (Å²) < 4.78 is 6.67. The first kappa shape index (κ1) is 15.0. The summed E-state index contributed by atoms with van der Waals surface area (Å²) >= 11 is 0. The molecule has 0 aliphatic heterocycles. The number of methoxy groups -OCH3 is 1. The lowest BCUT2D eigenvalue weighted by Gasteiger charge is -2.09. The zero-order valence-electron chi connectivity index (χ0n) is 12.9. The molecule has 0 saturated carbocycles. The number of hydrogen-bond acceptors (Lipinski definition) is 4. The molecular weight excluding hydrogens is 292 g/mol. The maximum atomic E-state index is 12.2. The first-order valence-corrected chi connectivity index (χ1v) is 7.22. The van der Waals surface area contributed by atoms with Gasteiger partial charge < -0.3 is 9.30 Å². The number of hydrogen-bond donors (Lipinski definition) is 0. The van der Waals surface area contributed by atoms with Gasteiger partial charge in [-0.1, -0.05) is 18.2 Å². The number of aromatic nitrogens is 2. The number of benzene rings is 1. The Balaban J connectivity index is 2.30. The fourth-order valence-corrected chi connectivity index (χ4v) is 2.74. The van der Waals surface area contributed by atoms with E-state index < -0.39 is 5.97 Å². The summed E-state index contributed by atoms with van der Waals surface area (Å²) in [6.45, 7) is 2.36. The molecule has 0 aliphatic carbocycles. The maximum absolute atomic E-state index is 12.2. The molecule has 0 unspecified atom stereocenters. The third-order valence-electron chi connectivity index (χ3n) is 3.80. The minimum Gasteiger partial charge on any atom is -0.464 e. The molecule has 116 valence electrons. The van der Waals surface area contributed by atoms with Crippen molar-refractivity contribution in [1.29, 1.82) is 0 Å². The molecule has 5 nitrogen and oxygen atoms in total. The van der Waals surface area contributed by atoms with Gasteiger partial charge in [-0.2, -0.15) is 0 Å². The number of esters is 1. The Kier molecular flexibility index (Phi) is 3.93. The molecule has 0 fully saturated rings. The second-order valence-corrected chi connectivity index (χ2v) is 5.30. The first-order valence-electron chi connectivity index (χ1n) is 7.22. The third-order valence-corrected chi connectivity index (χ3v) is 3.80. The Morgan fingerprint density at radius 3 is 2.78 bits per heavy atom. The Hall–Kier alpha value is -2.95. The Morgan fingerprint density at radius 1 is 1.30 bits per heavy atom. The van der Waals surface area contributed by atoms with Gasteiger partial charge in [0.15, 0.2) is 6.29 Å². The number of aldehydes is 1. The topological polar surface area (TPSA) is 61.2 Å². The predicted molar refractivity (Wildman–Crippen MR) is 86.7 cm³/mol. The Morgan fingerprint density at radius 2 is 2.13 bits per heavy atom. The largest absolute Gasteiger partial charge is 0.464 e. The summed E-state index contributed by atoms with van der Waals surface area (Å²) in [4.78, 5) is 28.1. The number of carbonyl (C=O) groups excluding carboxylic acids is 2. The lowest BCUT2D eigenvalue weighted by Crippen LogP contribution is -2.14. The summed E-state index contributed by atoms with van der Waals surface area (Å²) in [6.07, 6.45) is 2.41. The van der Waals surface area contributed by atoms with Crippen LogP contribution in [0.3, 0.4) is 0 Å². The van der Waals surface area contributed by atoms with E-state index in [0.29, 0.717) is 18.4 Å². The van der Waals surface area contributed by atoms with Crippen LogP contribution in [0.1, 0.15) is 32.1 Å². The van der Waals surface area contributed by atoms with Crippen LogP contribution in [0.2, 0.25) is 0 Å². The van der Waals surface area contributed by atoms with Crippen LogP contribution < -0.4 is 0 Å². The van der Waals surface area contributed by atoms with Crippen LogP contribution in [0, 0.1) is 6.92 Å². The van der Waals surface area contributed by atoms with Crippen LogP contribution in [0.5, 0.6) is 0 Å². The third kappa shape index (κ3) is 2.61. The molecule has 0 amide bonds. The van der Waals surface area contributed by atoms with Crippen molar-refractivity contribution < 1.29 is 14.3 Å². The van der Waals surface area contributed by atoms with Gasteiger partial charge >= 0.3 is 5.97 Å². The van der Waals surface area contributed by atoms with Gasteiger partial charge in [0.25, 0.3) is 0 Å². The van der Waals surface area contributed by atoms with Crippen LogP contribution >= 0.6 is 0 Å². The van der Waals surface area contributed by atoms with Gasteiger partial charge in [0.1, 0.15) is 5.69 Å². The van der Waals surface area contributed by atoms with Gasteiger partial charge in [-0.25, -0.2) is 4.79 Å². The van der Waals surface area contributed by atoms with Crippen molar-refractivity contribution >= 4 is 23.2 Å². The van der Waals surface area contributed by atoms with Gasteiger partial charge in [-0.05, 0) is 30.7 Å². The smallest absolute Gasteiger partial charge is 0.355 e. The first-order chi connectivity index (χ1) is 11.2. The molecule has 2 heterocycles. The number of rotatable bonds is 4. The van der Waals surface area contributed by atoms with Gasteiger partial charge in [-0.15, -0.1) is 0 Å². The van der Waals surface area contributed by atoms with Crippen molar-refractivity contribution in [2.45, 2.75) is 13.5 Å². The number of fused-ring (bicyclic) bond motifs is 1. The summed E-state index contributed by atoms with van der Waals surface area (Å²) in [6, 6.07) is 11.3. The van der Waals surface area contributed by atoms with Crippen LogP contribution in [0.25, 0.3) is 10.9 Å². The van der Waals surface area contributed by atoms with Gasteiger partial charge in [0.2, 0.25) is 0 Å². The van der Waals surface area contributed by atoms with Crippen LogP contribution in [-0.2, 0) is 11.3 Å². The van der Waals surface area contributed by atoms with Crippen molar-refractivity contribution in [3.8, 4) is 0 Å². The fourth-order valence-electron chi connectivity index (χ4n) is 2.74. The SMILES string of the molecule is COC(=O)c1c(C=O)c2ccc(C)cc2n1Cc1ccccn1. The molecule has 0 spiro atoms. The van der Waals surface area contributed by atoms with Crippen molar-refractivity contribution in [1.82, 2.24) is 9.55 Å². The second kappa shape index (κ2) is 6.04. The highest BCUT2D eigenvalue weighted by atomic mass is 16.5. The molecule has 1 aromatic carbocycles. The van der Waals surface area contributed by atoms with E-state index in [1.165, 1.54) is 7.11 Å². The number of aryl methyl sites for hydroxylation is 1. The molecule has 5 heteroatoms. The molecular formula is C18H16N2O3. The van der Waals surface area contributed by atoms with Gasteiger partial charge in [0, 0.05) is 11.6 Å².